The average molecular weight is 299 g/mol. The number of carbonyl (C=O) groups is 1. The zero-order chi connectivity index (χ0) is 14.5. The third-order valence-electron chi connectivity index (χ3n) is 3.45. The van der Waals surface area contributed by atoms with Gasteiger partial charge in [0.2, 0.25) is 5.91 Å². The summed E-state index contributed by atoms with van der Waals surface area (Å²) in [5, 5.41) is 5.05. The van der Waals surface area contributed by atoms with Crippen LogP contribution in [0.3, 0.4) is 0 Å². The summed E-state index contributed by atoms with van der Waals surface area (Å²) < 4.78 is 0. The van der Waals surface area contributed by atoms with Crippen molar-refractivity contribution in [1.82, 2.24) is 10.3 Å². The summed E-state index contributed by atoms with van der Waals surface area (Å²) in [6.45, 7) is 1.74. The average Bonchev–Trinajstić information content (AvgIpc) is 3.17. The van der Waals surface area contributed by atoms with Crippen LogP contribution in [0.4, 0.5) is 5.82 Å². The maximum absolute atomic E-state index is 11.9. The van der Waals surface area contributed by atoms with Crippen LogP contribution < -0.4 is 10.2 Å². The first-order chi connectivity index (χ1) is 10.3. The molecule has 0 aromatic carbocycles. The van der Waals surface area contributed by atoms with Gasteiger partial charge in [0.25, 0.3) is 0 Å². The maximum atomic E-state index is 11.9. The minimum absolute atomic E-state index is 0.0312. The number of nitrogens with zero attached hydrogens (tertiary/aromatic N) is 2. The Labute approximate surface area is 128 Å². The van der Waals surface area contributed by atoms with E-state index in [4.69, 9.17) is 0 Å². The number of amides is 1. The molecule has 4 nitrogen and oxygen atoms in total. The Kier molecular flexibility index (Phi) is 4.31. The van der Waals surface area contributed by atoms with Crippen molar-refractivity contribution < 1.29 is 4.79 Å². The van der Waals surface area contributed by atoms with E-state index in [2.05, 4.69) is 15.2 Å². The highest BCUT2D eigenvalue weighted by Crippen LogP contribution is 2.17. The van der Waals surface area contributed by atoms with Crippen molar-refractivity contribution in [2.45, 2.75) is 12.5 Å². The van der Waals surface area contributed by atoms with Crippen molar-refractivity contribution in [1.29, 1.82) is 0 Å². The summed E-state index contributed by atoms with van der Waals surface area (Å²) >= 11 is 1.62. The molecule has 0 spiro atoms. The Balaban J connectivity index is 1.52. The number of carbonyl (C=O) groups excluding carboxylic acids is 1. The molecule has 1 amide bonds. The van der Waals surface area contributed by atoms with Gasteiger partial charge in [0, 0.05) is 36.3 Å². The number of aromatic nitrogens is 1. The van der Waals surface area contributed by atoms with Crippen LogP contribution in [-0.4, -0.2) is 30.0 Å². The molecule has 1 aliphatic heterocycles. The molecule has 21 heavy (non-hydrogen) atoms. The topological polar surface area (TPSA) is 45.2 Å². The molecule has 5 heteroatoms. The smallest absolute Gasteiger partial charge is 0.244 e. The van der Waals surface area contributed by atoms with Crippen molar-refractivity contribution in [3.8, 4) is 0 Å². The molecule has 1 atom stereocenters. The van der Waals surface area contributed by atoms with Crippen LogP contribution in [-0.2, 0) is 4.79 Å². The predicted octanol–water partition coefficient (Wildman–Crippen LogP) is 2.55. The lowest BCUT2D eigenvalue weighted by molar-refractivity contribution is -0.117. The van der Waals surface area contributed by atoms with Crippen molar-refractivity contribution >= 4 is 29.1 Å². The third kappa shape index (κ3) is 3.70. The molecule has 2 aromatic rings. The van der Waals surface area contributed by atoms with Gasteiger partial charge in [0.15, 0.2) is 0 Å². The fourth-order valence-corrected chi connectivity index (χ4v) is 3.04. The summed E-state index contributed by atoms with van der Waals surface area (Å²) in [5.41, 5.74) is 0. The lowest BCUT2D eigenvalue weighted by atomic mass is 10.2. The molecule has 1 saturated heterocycles. The van der Waals surface area contributed by atoms with Gasteiger partial charge in [-0.15, -0.1) is 11.3 Å². The monoisotopic (exact) mass is 299 g/mol. The summed E-state index contributed by atoms with van der Waals surface area (Å²) in [6, 6.07) is 10.1. The van der Waals surface area contributed by atoms with Gasteiger partial charge < -0.3 is 10.2 Å². The summed E-state index contributed by atoms with van der Waals surface area (Å²) in [4.78, 5) is 19.5. The Morgan fingerprint density at radius 2 is 2.33 bits per heavy atom. The Morgan fingerprint density at radius 1 is 1.38 bits per heavy atom. The minimum Gasteiger partial charge on any atom is -0.354 e. The zero-order valence-corrected chi connectivity index (χ0v) is 12.4. The second-order valence-electron chi connectivity index (χ2n) is 4.98. The van der Waals surface area contributed by atoms with Crippen molar-refractivity contribution in [3.05, 3.63) is 52.9 Å². The molecule has 0 radical (unpaired) electrons. The second kappa shape index (κ2) is 6.54. The van der Waals surface area contributed by atoms with Gasteiger partial charge in [-0.3, -0.25) is 4.79 Å². The maximum Gasteiger partial charge on any atom is 0.244 e. The molecule has 0 aliphatic carbocycles. The van der Waals surface area contributed by atoms with E-state index in [0.717, 1.165) is 30.2 Å². The number of hydrogen-bond donors (Lipinski definition) is 1. The molecular formula is C16H17N3OS. The molecule has 1 fully saturated rings. The van der Waals surface area contributed by atoms with Gasteiger partial charge in [0.05, 0.1) is 0 Å². The fraction of sp³-hybridized carbons (Fsp3) is 0.250. The second-order valence-corrected chi connectivity index (χ2v) is 5.96. The summed E-state index contributed by atoms with van der Waals surface area (Å²) in [7, 11) is 0. The highest BCUT2D eigenvalue weighted by atomic mass is 32.1. The Bertz CT molecular complexity index is 610. The molecule has 3 heterocycles. The van der Waals surface area contributed by atoms with E-state index in [1.54, 1.807) is 23.6 Å². The van der Waals surface area contributed by atoms with Gasteiger partial charge in [-0.25, -0.2) is 4.98 Å². The number of pyridine rings is 1. The van der Waals surface area contributed by atoms with Gasteiger partial charge in [0.1, 0.15) is 5.82 Å². The van der Waals surface area contributed by atoms with Crippen LogP contribution in [0, 0.1) is 0 Å². The number of anilines is 1. The van der Waals surface area contributed by atoms with E-state index >= 15 is 0 Å². The first-order valence-electron chi connectivity index (χ1n) is 6.99. The highest BCUT2D eigenvalue weighted by molar-refractivity contribution is 7.10. The van der Waals surface area contributed by atoms with E-state index in [1.165, 1.54) is 0 Å². The van der Waals surface area contributed by atoms with E-state index in [-0.39, 0.29) is 11.9 Å². The first kappa shape index (κ1) is 13.8. The Hall–Kier alpha value is -2.14. The number of thiophene rings is 1. The van der Waals surface area contributed by atoms with Crippen molar-refractivity contribution in [2.75, 3.05) is 18.0 Å². The van der Waals surface area contributed by atoms with Gasteiger partial charge in [-0.05, 0) is 36.1 Å². The molecule has 1 N–H and O–H groups in total. The molecule has 1 aliphatic rings. The number of nitrogens with one attached hydrogen (secondary N) is 1. The quantitative estimate of drug-likeness (QED) is 0.883. The van der Waals surface area contributed by atoms with Gasteiger partial charge in [-0.1, -0.05) is 12.1 Å². The first-order valence-corrected chi connectivity index (χ1v) is 7.87. The van der Waals surface area contributed by atoms with Crippen LogP contribution in [0.25, 0.3) is 6.08 Å². The molecule has 0 saturated carbocycles. The van der Waals surface area contributed by atoms with E-state index in [1.807, 2.05) is 41.8 Å². The SMILES string of the molecule is O=C(/C=C/c1cccs1)N[C@H]1CCN(c2ccccn2)C1. The van der Waals surface area contributed by atoms with Crippen molar-refractivity contribution in [3.63, 3.8) is 0 Å². The lowest BCUT2D eigenvalue weighted by Crippen LogP contribution is -2.36. The predicted molar refractivity (Wildman–Crippen MR) is 86.4 cm³/mol. The molecule has 2 aromatic heterocycles. The van der Waals surface area contributed by atoms with Crippen molar-refractivity contribution in [2.24, 2.45) is 0 Å². The van der Waals surface area contributed by atoms with E-state index < -0.39 is 0 Å². The number of hydrogen-bond acceptors (Lipinski definition) is 4. The van der Waals surface area contributed by atoms with E-state index in [9.17, 15) is 4.79 Å². The lowest BCUT2D eigenvalue weighted by Gasteiger charge is -2.17. The third-order valence-corrected chi connectivity index (χ3v) is 4.29. The van der Waals surface area contributed by atoms with E-state index in [0.29, 0.717) is 0 Å². The molecule has 0 bridgehead atoms. The standard InChI is InChI=1S/C16H17N3OS/c20-16(7-6-14-4-3-11-21-14)18-13-8-10-19(12-13)15-5-1-2-9-17-15/h1-7,9,11,13H,8,10,12H2,(H,18,20)/b7-6+/t13-/m0/s1. The number of rotatable bonds is 4. The molecule has 108 valence electrons. The van der Waals surface area contributed by atoms with Crippen LogP contribution >= 0.6 is 11.3 Å². The Morgan fingerprint density at radius 3 is 3.10 bits per heavy atom. The molecule has 3 rings (SSSR count). The van der Waals surface area contributed by atoms with Gasteiger partial charge in [-0.2, -0.15) is 0 Å². The fourth-order valence-electron chi connectivity index (χ4n) is 2.42. The summed E-state index contributed by atoms with van der Waals surface area (Å²) in [6.07, 6.45) is 6.21. The van der Waals surface area contributed by atoms with Gasteiger partial charge >= 0.3 is 0 Å². The normalized spacial score (nSPS) is 18.3. The van der Waals surface area contributed by atoms with Crippen LogP contribution in [0.2, 0.25) is 0 Å². The van der Waals surface area contributed by atoms with Crippen LogP contribution in [0.15, 0.2) is 48.0 Å². The molecule has 0 unspecified atom stereocenters. The molecular weight excluding hydrogens is 282 g/mol. The highest BCUT2D eigenvalue weighted by Gasteiger charge is 2.23. The minimum atomic E-state index is -0.0312. The van der Waals surface area contributed by atoms with Crippen LogP contribution in [0.5, 0.6) is 0 Å². The summed E-state index contributed by atoms with van der Waals surface area (Å²) in [5.74, 6) is 0.944. The van der Waals surface area contributed by atoms with Crippen LogP contribution in [0.1, 0.15) is 11.3 Å². The largest absolute Gasteiger partial charge is 0.354 e. The zero-order valence-electron chi connectivity index (χ0n) is 11.6.